The summed E-state index contributed by atoms with van der Waals surface area (Å²) in [5.74, 6) is 0.615. The van der Waals surface area contributed by atoms with Gasteiger partial charge in [0, 0.05) is 33.3 Å². The van der Waals surface area contributed by atoms with E-state index in [1.807, 2.05) is 19.1 Å². The molecule has 0 aromatic heterocycles. The van der Waals surface area contributed by atoms with Crippen molar-refractivity contribution in [1.82, 2.24) is 15.5 Å². The van der Waals surface area contributed by atoms with Crippen molar-refractivity contribution in [2.24, 2.45) is 4.99 Å². The molecule has 0 spiro atoms. The van der Waals surface area contributed by atoms with Crippen LogP contribution in [0.15, 0.2) is 29.3 Å². The Morgan fingerprint density at radius 3 is 2.61 bits per heavy atom. The van der Waals surface area contributed by atoms with E-state index in [4.69, 9.17) is 4.74 Å². The minimum absolute atomic E-state index is 0.200. The first kappa shape index (κ1) is 19.4. The maximum absolute atomic E-state index is 12.9. The molecule has 23 heavy (non-hydrogen) atoms. The van der Waals surface area contributed by atoms with E-state index in [0.29, 0.717) is 0 Å². The number of methoxy groups -OCH3 is 1. The van der Waals surface area contributed by atoms with Crippen molar-refractivity contribution < 1.29 is 9.13 Å². The predicted octanol–water partition coefficient (Wildman–Crippen LogP) is 1.50. The Balaban J connectivity index is 2.32. The van der Waals surface area contributed by atoms with E-state index in [1.165, 1.54) is 12.1 Å². The Bertz CT molecular complexity index is 450. The van der Waals surface area contributed by atoms with Crippen molar-refractivity contribution in [2.45, 2.75) is 13.3 Å². The number of guanidine groups is 1. The van der Waals surface area contributed by atoms with E-state index in [9.17, 15) is 4.39 Å². The van der Waals surface area contributed by atoms with Crippen LogP contribution in [-0.2, 0) is 11.2 Å². The van der Waals surface area contributed by atoms with Gasteiger partial charge >= 0.3 is 0 Å². The Labute approximate surface area is 138 Å². The van der Waals surface area contributed by atoms with Crippen LogP contribution in [-0.4, -0.2) is 64.3 Å². The monoisotopic (exact) mass is 324 g/mol. The number of halogens is 1. The molecule has 0 unspecified atom stereocenters. The molecule has 0 amide bonds. The number of hydrogen-bond donors (Lipinski definition) is 2. The number of aliphatic imine (C=N–C) groups is 1. The van der Waals surface area contributed by atoms with Crippen LogP contribution < -0.4 is 10.6 Å². The van der Waals surface area contributed by atoms with Gasteiger partial charge in [0.15, 0.2) is 5.96 Å². The van der Waals surface area contributed by atoms with Gasteiger partial charge in [-0.1, -0.05) is 12.1 Å². The number of benzene rings is 1. The Morgan fingerprint density at radius 1 is 1.22 bits per heavy atom. The Hall–Kier alpha value is -1.66. The van der Waals surface area contributed by atoms with E-state index in [1.54, 1.807) is 7.11 Å². The molecule has 130 valence electrons. The number of ether oxygens (including phenoxy) is 1. The molecule has 0 saturated heterocycles. The standard InChI is InChI=1S/C17H29FN4O/c1-4-19-17(21-11-12-22(2)13-14-23-3)20-10-9-15-5-7-16(18)8-6-15/h5-8H,4,9-14H2,1-3H3,(H2,19,20,21). The highest BCUT2D eigenvalue weighted by molar-refractivity contribution is 5.79. The Morgan fingerprint density at radius 2 is 1.96 bits per heavy atom. The fourth-order valence-electron chi connectivity index (χ4n) is 2.01. The smallest absolute Gasteiger partial charge is 0.191 e. The number of rotatable bonds is 10. The molecule has 1 aromatic rings. The third-order valence-corrected chi connectivity index (χ3v) is 3.39. The number of nitrogens with zero attached hydrogens (tertiary/aromatic N) is 2. The molecule has 5 nitrogen and oxygen atoms in total. The first-order valence-corrected chi connectivity index (χ1v) is 8.09. The second-order valence-electron chi connectivity index (χ2n) is 5.36. The van der Waals surface area contributed by atoms with E-state index >= 15 is 0 Å². The molecular weight excluding hydrogens is 295 g/mol. The summed E-state index contributed by atoms with van der Waals surface area (Å²) in [6.07, 6.45) is 0.832. The molecule has 0 aliphatic carbocycles. The molecule has 2 N–H and O–H groups in total. The second kappa shape index (κ2) is 11.8. The fraction of sp³-hybridized carbons (Fsp3) is 0.588. The molecule has 6 heteroatoms. The molecule has 0 fully saturated rings. The van der Waals surface area contributed by atoms with Crippen molar-refractivity contribution in [3.8, 4) is 0 Å². The van der Waals surface area contributed by atoms with Gasteiger partial charge in [-0.2, -0.15) is 0 Å². The maximum atomic E-state index is 12.9. The van der Waals surface area contributed by atoms with Crippen molar-refractivity contribution in [2.75, 3.05) is 53.5 Å². The fourth-order valence-corrected chi connectivity index (χ4v) is 2.01. The van der Waals surface area contributed by atoms with Crippen molar-refractivity contribution >= 4 is 5.96 Å². The quantitative estimate of drug-likeness (QED) is 0.506. The van der Waals surface area contributed by atoms with Gasteiger partial charge in [0.25, 0.3) is 0 Å². The van der Waals surface area contributed by atoms with Gasteiger partial charge < -0.3 is 20.3 Å². The summed E-state index contributed by atoms with van der Waals surface area (Å²) in [6.45, 7) is 6.88. The normalized spacial score (nSPS) is 11.8. The molecule has 0 saturated carbocycles. The van der Waals surface area contributed by atoms with Gasteiger partial charge in [0.05, 0.1) is 13.2 Å². The van der Waals surface area contributed by atoms with E-state index in [0.717, 1.165) is 57.3 Å². The molecule has 0 heterocycles. The summed E-state index contributed by atoms with van der Waals surface area (Å²) in [5.41, 5.74) is 1.11. The lowest BCUT2D eigenvalue weighted by Crippen LogP contribution is -2.39. The van der Waals surface area contributed by atoms with Gasteiger partial charge in [0.2, 0.25) is 0 Å². The van der Waals surface area contributed by atoms with Gasteiger partial charge in [-0.05, 0) is 38.1 Å². The number of nitrogens with one attached hydrogen (secondary N) is 2. The predicted molar refractivity (Wildman–Crippen MR) is 93.5 cm³/mol. The highest BCUT2D eigenvalue weighted by atomic mass is 19.1. The molecular formula is C17H29FN4O. The minimum atomic E-state index is -0.200. The molecule has 0 aliphatic rings. The second-order valence-corrected chi connectivity index (χ2v) is 5.36. The molecule has 1 rings (SSSR count). The van der Waals surface area contributed by atoms with Crippen LogP contribution in [0.3, 0.4) is 0 Å². The van der Waals surface area contributed by atoms with Crippen LogP contribution in [0.1, 0.15) is 12.5 Å². The third kappa shape index (κ3) is 9.15. The van der Waals surface area contributed by atoms with Crippen molar-refractivity contribution in [3.63, 3.8) is 0 Å². The summed E-state index contributed by atoms with van der Waals surface area (Å²) >= 11 is 0. The molecule has 0 bridgehead atoms. The first-order valence-electron chi connectivity index (χ1n) is 8.09. The maximum Gasteiger partial charge on any atom is 0.191 e. The summed E-state index contributed by atoms with van der Waals surface area (Å²) in [6, 6.07) is 6.60. The largest absolute Gasteiger partial charge is 0.383 e. The zero-order valence-corrected chi connectivity index (χ0v) is 14.4. The lowest BCUT2D eigenvalue weighted by molar-refractivity contribution is 0.163. The summed E-state index contributed by atoms with van der Waals surface area (Å²) in [5, 5.41) is 6.53. The lowest BCUT2D eigenvalue weighted by atomic mass is 10.1. The zero-order chi connectivity index (χ0) is 16.9. The third-order valence-electron chi connectivity index (χ3n) is 3.39. The minimum Gasteiger partial charge on any atom is -0.383 e. The summed E-state index contributed by atoms with van der Waals surface area (Å²) in [7, 11) is 3.77. The molecule has 1 aromatic carbocycles. The average Bonchev–Trinajstić information content (AvgIpc) is 2.54. The topological polar surface area (TPSA) is 48.9 Å². The van der Waals surface area contributed by atoms with Gasteiger partial charge in [-0.25, -0.2) is 4.39 Å². The summed E-state index contributed by atoms with van der Waals surface area (Å²) < 4.78 is 17.9. The van der Waals surface area contributed by atoms with Crippen molar-refractivity contribution in [1.29, 1.82) is 0 Å². The van der Waals surface area contributed by atoms with Crippen molar-refractivity contribution in [3.05, 3.63) is 35.6 Å². The lowest BCUT2D eigenvalue weighted by Gasteiger charge is -2.15. The van der Waals surface area contributed by atoms with Crippen LogP contribution in [0.4, 0.5) is 4.39 Å². The van der Waals surface area contributed by atoms with Gasteiger partial charge in [-0.3, -0.25) is 4.99 Å². The highest BCUT2D eigenvalue weighted by Crippen LogP contribution is 2.02. The van der Waals surface area contributed by atoms with E-state index in [2.05, 4.69) is 27.6 Å². The van der Waals surface area contributed by atoms with Gasteiger partial charge in [-0.15, -0.1) is 0 Å². The summed E-state index contributed by atoms with van der Waals surface area (Å²) in [4.78, 5) is 6.75. The van der Waals surface area contributed by atoms with Crippen LogP contribution in [0.5, 0.6) is 0 Å². The van der Waals surface area contributed by atoms with Crippen LogP contribution >= 0.6 is 0 Å². The number of hydrogen-bond acceptors (Lipinski definition) is 3. The van der Waals surface area contributed by atoms with Crippen LogP contribution in [0, 0.1) is 5.82 Å². The van der Waals surface area contributed by atoms with Gasteiger partial charge in [0.1, 0.15) is 5.82 Å². The molecule has 0 atom stereocenters. The molecule has 0 aliphatic heterocycles. The SMILES string of the molecule is CCNC(=NCCN(C)CCOC)NCCc1ccc(F)cc1. The molecule has 0 radical (unpaired) electrons. The average molecular weight is 324 g/mol. The zero-order valence-electron chi connectivity index (χ0n) is 14.4. The van der Waals surface area contributed by atoms with Crippen LogP contribution in [0.25, 0.3) is 0 Å². The first-order chi connectivity index (χ1) is 11.2. The number of likely N-dealkylation sites (N-methyl/N-ethyl adjacent to an activating group) is 1. The van der Waals surface area contributed by atoms with E-state index in [-0.39, 0.29) is 5.82 Å². The highest BCUT2D eigenvalue weighted by Gasteiger charge is 2.00. The van der Waals surface area contributed by atoms with Crippen LogP contribution in [0.2, 0.25) is 0 Å². The Kier molecular flexibility index (Phi) is 9.99. The van der Waals surface area contributed by atoms with E-state index < -0.39 is 0 Å².